The highest BCUT2D eigenvalue weighted by Gasteiger charge is 2.14. The number of rotatable bonds is 7. The normalized spacial score (nSPS) is 11.1. The van der Waals surface area contributed by atoms with Crippen LogP contribution in [0.15, 0.2) is 5.11 Å². The summed E-state index contributed by atoms with van der Waals surface area (Å²) in [5.74, 6) is -0.841. The van der Waals surface area contributed by atoms with Gasteiger partial charge in [0.15, 0.2) is 0 Å². The van der Waals surface area contributed by atoms with Gasteiger partial charge in [-0.15, -0.1) is 0 Å². The van der Waals surface area contributed by atoms with Crippen molar-refractivity contribution >= 4 is 11.9 Å². The molecular formula is C9H15N3O4. The molecule has 0 N–H and O–H groups in total. The molecule has 1 unspecified atom stereocenters. The topological polar surface area (TPSA) is 101 Å². The molecule has 0 heterocycles. The largest absolute Gasteiger partial charge is 0.469 e. The predicted octanol–water partition coefficient (Wildman–Crippen LogP) is 1.57. The van der Waals surface area contributed by atoms with E-state index in [0.29, 0.717) is 6.61 Å². The van der Waals surface area contributed by atoms with E-state index in [1.807, 2.05) is 0 Å². The third-order valence-corrected chi connectivity index (χ3v) is 1.83. The lowest BCUT2D eigenvalue weighted by atomic mass is 10.1. The van der Waals surface area contributed by atoms with Crippen molar-refractivity contribution in [1.29, 1.82) is 0 Å². The van der Waals surface area contributed by atoms with Crippen molar-refractivity contribution in [2.75, 3.05) is 13.7 Å². The zero-order chi connectivity index (χ0) is 12.4. The second kappa shape index (κ2) is 8.55. The zero-order valence-corrected chi connectivity index (χ0v) is 9.38. The number of hydrogen-bond acceptors (Lipinski definition) is 5. The molecule has 0 rings (SSSR count). The highest BCUT2D eigenvalue weighted by Crippen LogP contribution is 2.09. The molecule has 0 bridgehead atoms. The van der Waals surface area contributed by atoms with Crippen LogP contribution in [0.1, 0.15) is 26.2 Å². The van der Waals surface area contributed by atoms with Crippen LogP contribution >= 0.6 is 0 Å². The van der Waals surface area contributed by atoms with Crippen LogP contribution in [-0.2, 0) is 19.1 Å². The molecule has 0 spiro atoms. The van der Waals surface area contributed by atoms with Gasteiger partial charge in [-0.2, -0.15) is 0 Å². The molecule has 0 aromatic rings. The van der Waals surface area contributed by atoms with Crippen LogP contribution < -0.4 is 0 Å². The van der Waals surface area contributed by atoms with Gasteiger partial charge in [-0.05, 0) is 18.9 Å². The molecule has 1 atom stereocenters. The quantitative estimate of drug-likeness (QED) is 0.286. The Balaban J connectivity index is 4.08. The van der Waals surface area contributed by atoms with Gasteiger partial charge in [-0.1, -0.05) is 5.11 Å². The standard InChI is InChI=1S/C9H15N3O4/c1-3-16-8(13)5-4-7(11-12-10)6-9(14)15-2/h7H,3-6H2,1-2H3. The Labute approximate surface area is 93.3 Å². The fraction of sp³-hybridized carbons (Fsp3) is 0.778. The van der Waals surface area contributed by atoms with Gasteiger partial charge >= 0.3 is 11.9 Å². The Bertz CT molecular complexity index is 286. The third-order valence-electron chi connectivity index (χ3n) is 1.83. The first-order valence-corrected chi connectivity index (χ1v) is 4.90. The minimum atomic E-state index is -0.568. The minimum absolute atomic E-state index is 0.0278. The molecule has 0 fully saturated rings. The van der Waals surface area contributed by atoms with Gasteiger partial charge in [0, 0.05) is 17.4 Å². The summed E-state index contributed by atoms with van der Waals surface area (Å²) in [6, 6.07) is -0.568. The average Bonchev–Trinajstić information content (AvgIpc) is 2.26. The van der Waals surface area contributed by atoms with E-state index in [0.717, 1.165) is 0 Å². The molecule has 0 aromatic carbocycles. The number of nitrogens with zero attached hydrogens (tertiary/aromatic N) is 3. The van der Waals surface area contributed by atoms with Gasteiger partial charge < -0.3 is 9.47 Å². The Morgan fingerprint density at radius 3 is 2.62 bits per heavy atom. The van der Waals surface area contributed by atoms with Gasteiger partial charge in [-0.25, -0.2) is 0 Å². The first kappa shape index (κ1) is 14.2. The van der Waals surface area contributed by atoms with Crippen LogP contribution in [0, 0.1) is 0 Å². The fourth-order valence-electron chi connectivity index (χ4n) is 1.07. The Morgan fingerprint density at radius 2 is 2.12 bits per heavy atom. The number of ether oxygens (including phenoxy) is 2. The smallest absolute Gasteiger partial charge is 0.305 e. The second-order valence-electron chi connectivity index (χ2n) is 2.98. The maximum atomic E-state index is 11.0. The molecule has 0 aliphatic heterocycles. The zero-order valence-electron chi connectivity index (χ0n) is 9.38. The summed E-state index contributed by atoms with van der Waals surface area (Å²) in [4.78, 5) is 24.6. The van der Waals surface area contributed by atoms with Crippen LogP contribution in [0.4, 0.5) is 0 Å². The highest BCUT2D eigenvalue weighted by atomic mass is 16.5. The minimum Gasteiger partial charge on any atom is -0.469 e. The molecule has 0 aromatic heterocycles. The number of carbonyl (C=O) groups is 2. The van der Waals surface area contributed by atoms with Crippen molar-refractivity contribution in [3.05, 3.63) is 10.4 Å². The SMILES string of the molecule is CCOC(=O)CCC(CC(=O)OC)N=[N+]=[N-]. The molecule has 16 heavy (non-hydrogen) atoms. The molecule has 0 amide bonds. The first-order chi connectivity index (χ1) is 7.63. The van der Waals surface area contributed by atoms with Gasteiger partial charge in [-0.3, -0.25) is 9.59 Å². The summed E-state index contributed by atoms with van der Waals surface area (Å²) in [6.45, 7) is 2.01. The van der Waals surface area contributed by atoms with Crippen LogP contribution in [0.3, 0.4) is 0 Å². The lowest BCUT2D eigenvalue weighted by Crippen LogP contribution is -2.15. The molecule has 0 radical (unpaired) electrons. The fourth-order valence-corrected chi connectivity index (χ4v) is 1.07. The van der Waals surface area contributed by atoms with E-state index in [1.54, 1.807) is 6.92 Å². The van der Waals surface area contributed by atoms with Gasteiger partial charge in [0.25, 0.3) is 0 Å². The maximum Gasteiger partial charge on any atom is 0.305 e. The van der Waals surface area contributed by atoms with E-state index >= 15 is 0 Å². The molecule has 0 saturated carbocycles. The van der Waals surface area contributed by atoms with Crippen LogP contribution in [-0.4, -0.2) is 31.7 Å². The van der Waals surface area contributed by atoms with E-state index in [2.05, 4.69) is 14.8 Å². The summed E-state index contributed by atoms with van der Waals surface area (Å²) in [5.41, 5.74) is 8.28. The Kier molecular flexibility index (Phi) is 7.61. The molecular weight excluding hydrogens is 214 g/mol. The van der Waals surface area contributed by atoms with Crippen molar-refractivity contribution in [2.24, 2.45) is 5.11 Å². The van der Waals surface area contributed by atoms with Gasteiger partial charge in [0.1, 0.15) is 0 Å². The molecule has 0 aliphatic rings. The van der Waals surface area contributed by atoms with E-state index in [-0.39, 0.29) is 25.2 Å². The van der Waals surface area contributed by atoms with Crippen molar-refractivity contribution in [3.63, 3.8) is 0 Å². The number of hydrogen-bond donors (Lipinski definition) is 0. The predicted molar refractivity (Wildman–Crippen MR) is 55.4 cm³/mol. The molecule has 90 valence electrons. The lowest BCUT2D eigenvalue weighted by molar-refractivity contribution is -0.144. The Morgan fingerprint density at radius 1 is 1.44 bits per heavy atom. The van der Waals surface area contributed by atoms with Crippen molar-refractivity contribution in [3.8, 4) is 0 Å². The second-order valence-corrected chi connectivity index (χ2v) is 2.98. The monoisotopic (exact) mass is 229 g/mol. The summed E-state index contributed by atoms with van der Waals surface area (Å²) in [7, 11) is 1.25. The highest BCUT2D eigenvalue weighted by molar-refractivity contribution is 5.71. The van der Waals surface area contributed by atoms with Crippen molar-refractivity contribution < 1.29 is 19.1 Å². The number of methoxy groups -OCH3 is 1. The number of carbonyl (C=O) groups excluding carboxylic acids is 2. The average molecular weight is 229 g/mol. The summed E-state index contributed by atoms with van der Waals surface area (Å²) >= 11 is 0. The summed E-state index contributed by atoms with van der Waals surface area (Å²) in [5, 5.41) is 3.42. The third kappa shape index (κ3) is 6.67. The molecule has 0 saturated heterocycles. The number of esters is 2. The van der Waals surface area contributed by atoms with E-state index < -0.39 is 12.0 Å². The van der Waals surface area contributed by atoms with Gasteiger partial charge in [0.2, 0.25) is 0 Å². The van der Waals surface area contributed by atoms with E-state index in [1.165, 1.54) is 7.11 Å². The van der Waals surface area contributed by atoms with Crippen LogP contribution in [0.25, 0.3) is 10.4 Å². The maximum absolute atomic E-state index is 11.0. The summed E-state index contributed by atoms with van der Waals surface area (Å²) in [6.07, 6.45) is 0.368. The summed E-state index contributed by atoms with van der Waals surface area (Å²) < 4.78 is 9.15. The van der Waals surface area contributed by atoms with Gasteiger partial charge in [0.05, 0.1) is 20.1 Å². The number of azide groups is 1. The van der Waals surface area contributed by atoms with Crippen molar-refractivity contribution in [1.82, 2.24) is 0 Å². The van der Waals surface area contributed by atoms with Crippen LogP contribution in [0.2, 0.25) is 0 Å². The lowest BCUT2D eigenvalue weighted by Gasteiger charge is -2.08. The van der Waals surface area contributed by atoms with E-state index in [9.17, 15) is 9.59 Å². The molecule has 7 heteroatoms. The van der Waals surface area contributed by atoms with E-state index in [4.69, 9.17) is 10.3 Å². The Hall–Kier alpha value is -1.75. The molecule has 7 nitrogen and oxygen atoms in total. The first-order valence-electron chi connectivity index (χ1n) is 4.90. The van der Waals surface area contributed by atoms with Crippen molar-refractivity contribution in [2.45, 2.75) is 32.2 Å². The molecule has 0 aliphatic carbocycles. The van der Waals surface area contributed by atoms with Crippen LogP contribution in [0.5, 0.6) is 0 Å².